The van der Waals surface area contributed by atoms with Gasteiger partial charge in [0.05, 0.1) is 5.69 Å². The molecule has 0 radical (unpaired) electrons. The van der Waals surface area contributed by atoms with Crippen molar-refractivity contribution >= 4 is 37.5 Å². The number of halogens is 2. The molecule has 2 N–H and O–H groups in total. The molecule has 21 heavy (non-hydrogen) atoms. The molecule has 0 bridgehead atoms. The van der Waals surface area contributed by atoms with Gasteiger partial charge >= 0.3 is 0 Å². The Morgan fingerprint density at radius 3 is 2.67 bits per heavy atom. The summed E-state index contributed by atoms with van der Waals surface area (Å²) in [6, 6.07) is 11.6. The summed E-state index contributed by atoms with van der Waals surface area (Å²) >= 11 is 6.96. The highest BCUT2D eigenvalue weighted by Gasteiger charge is 2.15. The number of nitrogens with two attached hydrogens (primary N) is 1. The molecular formula is C14H11Br2N5. The highest BCUT2D eigenvalue weighted by Crippen LogP contribution is 2.30. The smallest absolute Gasteiger partial charge is 0.189 e. The van der Waals surface area contributed by atoms with E-state index in [1.54, 1.807) is 4.68 Å². The maximum atomic E-state index is 6.06. The van der Waals surface area contributed by atoms with Crippen LogP contribution in [0, 0.1) is 6.92 Å². The fraction of sp³-hybridized carbons (Fsp3) is 0.0714. The van der Waals surface area contributed by atoms with Crippen molar-refractivity contribution in [1.29, 1.82) is 0 Å². The quantitative estimate of drug-likeness (QED) is 0.655. The van der Waals surface area contributed by atoms with Crippen molar-refractivity contribution in [2.75, 3.05) is 5.73 Å². The van der Waals surface area contributed by atoms with E-state index in [1.165, 1.54) is 0 Å². The molecule has 0 saturated heterocycles. The molecule has 1 heterocycles. The van der Waals surface area contributed by atoms with Crippen molar-refractivity contribution in [3.05, 3.63) is 50.9 Å². The Balaban J connectivity index is 2.19. The van der Waals surface area contributed by atoms with Crippen LogP contribution in [-0.2, 0) is 0 Å². The van der Waals surface area contributed by atoms with Gasteiger partial charge in [-0.05, 0) is 63.6 Å². The first-order valence-electron chi connectivity index (χ1n) is 6.16. The summed E-state index contributed by atoms with van der Waals surface area (Å²) in [5, 5.41) is 12.0. The molecule has 0 spiro atoms. The van der Waals surface area contributed by atoms with E-state index in [-0.39, 0.29) is 0 Å². The second-order valence-electron chi connectivity index (χ2n) is 4.60. The SMILES string of the molecule is Cc1ccc(N)c(-c2nnnn2-c2ccc(Br)cc2Br)c1. The highest BCUT2D eigenvalue weighted by atomic mass is 79.9. The second-order valence-corrected chi connectivity index (χ2v) is 6.37. The molecule has 7 heteroatoms. The lowest BCUT2D eigenvalue weighted by atomic mass is 10.1. The van der Waals surface area contributed by atoms with Crippen molar-refractivity contribution < 1.29 is 0 Å². The third-order valence-electron chi connectivity index (χ3n) is 3.06. The fourth-order valence-electron chi connectivity index (χ4n) is 2.03. The Hall–Kier alpha value is -1.73. The molecule has 0 aliphatic carbocycles. The van der Waals surface area contributed by atoms with E-state index in [1.807, 2.05) is 43.3 Å². The van der Waals surface area contributed by atoms with Gasteiger partial charge in [0.15, 0.2) is 5.82 Å². The molecule has 0 amide bonds. The van der Waals surface area contributed by atoms with Crippen molar-refractivity contribution in [3.8, 4) is 17.1 Å². The van der Waals surface area contributed by atoms with Crippen LogP contribution in [0.3, 0.4) is 0 Å². The number of rotatable bonds is 2. The van der Waals surface area contributed by atoms with Crippen molar-refractivity contribution in [1.82, 2.24) is 20.2 Å². The average molecular weight is 409 g/mol. The molecule has 1 aromatic heterocycles. The number of anilines is 1. The predicted molar refractivity (Wildman–Crippen MR) is 89.1 cm³/mol. The van der Waals surface area contributed by atoms with E-state index in [9.17, 15) is 0 Å². The van der Waals surface area contributed by atoms with Gasteiger partial charge in [-0.25, -0.2) is 0 Å². The van der Waals surface area contributed by atoms with E-state index in [2.05, 4.69) is 47.4 Å². The topological polar surface area (TPSA) is 69.6 Å². The lowest BCUT2D eigenvalue weighted by Gasteiger charge is -2.09. The van der Waals surface area contributed by atoms with Crippen LogP contribution in [0.4, 0.5) is 5.69 Å². The molecule has 2 aromatic carbocycles. The fourth-order valence-corrected chi connectivity index (χ4v) is 3.25. The van der Waals surface area contributed by atoms with Crippen LogP contribution in [0.15, 0.2) is 45.3 Å². The number of tetrazole rings is 1. The van der Waals surface area contributed by atoms with Crippen LogP contribution in [0.5, 0.6) is 0 Å². The van der Waals surface area contributed by atoms with Gasteiger partial charge in [0, 0.05) is 20.2 Å². The zero-order valence-corrected chi connectivity index (χ0v) is 14.3. The number of hydrogen-bond donors (Lipinski definition) is 1. The van der Waals surface area contributed by atoms with Crippen LogP contribution in [-0.4, -0.2) is 20.2 Å². The van der Waals surface area contributed by atoms with Crippen molar-refractivity contribution in [2.45, 2.75) is 6.92 Å². The zero-order chi connectivity index (χ0) is 15.0. The summed E-state index contributed by atoms with van der Waals surface area (Å²) in [5.74, 6) is 0.610. The van der Waals surface area contributed by atoms with E-state index >= 15 is 0 Å². The van der Waals surface area contributed by atoms with Crippen LogP contribution in [0.1, 0.15) is 5.56 Å². The summed E-state index contributed by atoms with van der Waals surface area (Å²) in [4.78, 5) is 0. The zero-order valence-electron chi connectivity index (χ0n) is 11.1. The van der Waals surface area contributed by atoms with Crippen molar-refractivity contribution in [2.24, 2.45) is 0 Å². The Morgan fingerprint density at radius 2 is 1.90 bits per heavy atom. The second kappa shape index (κ2) is 5.57. The molecule has 0 aliphatic heterocycles. The van der Waals surface area contributed by atoms with E-state index < -0.39 is 0 Å². The van der Waals surface area contributed by atoms with Crippen LogP contribution >= 0.6 is 31.9 Å². The van der Waals surface area contributed by atoms with Gasteiger partial charge in [-0.15, -0.1) is 5.10 Å². The van der Waals surface area contributed by atoms with Gasteiger partial charge in [-0.1, -0.05) is 27.6 Å². The van der Waals surface area contributed by atoms with Gasteiger partial charge in [0.1, 0.15) is 0 Å². The molecule has 0 fully saturated rings. The first kappa shape index (κ1) is 14.2. The minimum absolute atomic E-state index is 0.610. The highest BCUT2D eigenvalue weighted by molar-refractivity contribution is 9.11. The number of nitrogen functional groups attached to an aromatic ring is 1. The Kier molecular flexibility index (Phi) is 3.77. The first-order valence-corrected chi connectivity index (χ1v) is 7.75. The summed E-state index contributed by atoms with van der Waals surface area (Å²) in [6.07, 6.45) is 0. The summed E-state index contributed by atoms with van der Waals surface area (Å²) < 4.78 is 3.53. The van der Waals surface area contributed by atoms with Gasteiger partial charge in [0.2, 0.25) is 0 Å². The van der Waals surface area contributed by atoms with Crippen LogP contribution in [0.2, 0.25) is 0 Å². The number of aryl methyl sites for hydroxylation is 1. The van der Waals surface area contributed by atoms with Gasteiger partial charge in [-0.3, -0.25) is 0 Å². The molecule has 0 saturated carbocycles. The largest absolute Gasteiger partial charge is 0.398 e. The minimum Gasteiger partial charge on any atom is -0.398 e. The molecule has 3 rings (SSSR count). The first-order chi connectivity index (χ1) is 10.1. The van der Waals surface area contributed by atoms with Gasteiger partial charge in [-0.2, -0.15) is 4.68 Å². The molecule has 0 atom stereocenters. The monoisotopic (exact) mass is 407 g/mol. The van der Waals surface area contributed by atoms with Crippen molar-refractivity contribution in [3.63, 3.8) is 0 Å². The van der Waals surface area contributed by atoms with E-state index in [0.29, 0.717) is 11.5 Å². The standard InChI is InChI=1S/C14H11Br2N5/c1-8-2-4-12(17)10(6-8)14-18-19-20-21(14)13-5-3-9(15)7-11(13)16/h2-7H,17H2,1H3. The third-order valence-corrected chi connectivity index (χ3v) is 4.19. The van der Waals surface area contributed by atoms with Gasteiger partial charge < -0.3 is 5.73 Å². The minimum atomic E-state index is 0.610. The van der Waals surface area contributed by atoms with E-state index in [0.717, 1.165) is 25.8 Å². The molecular weight excluding hydrogens is 398 g/mol. The maximum absolute atomic E-state index is 6.06. The Labute approximate surface area is 138 Å². The maximum Gasteiger partial charge on any atom is 0.189 e. The number of nitrogens with zero attached hydrogens (tertiary/aromatic N) is 4. The summed E-state index contributed by atoms with van der Waals surface area (Å²) in [6.45, 7) is 2.01. The lowest BCUT2D eigenvalue weighted by Crippen LogP contribution is -2.02. The number of aromatic nitrogens is 4. The third kappa shape index (κ3) is 2.71. The average Bonchev–Trinajstić information content (AvgIpc) is 2.90. The van der Waals surface area contributed by atoms with Crippen LogP contribution in [0.25, 0.3) is 17.1 Å². The summed E-state index contributed by atoms with van der Waals surface area (Å²) in [5.41, 5.74) is 9.47. The Morgan fingerprint density at radius 1 is 1.10 bits per heavy atom. The Bertz CT molecular complexity index is 813. The molecule has 106 valence electrons. The molecule has 3 aromatic rings. The van der Waals surface area contributed by atoms with Crippen LogP contribution < -0.4 is 5.73 Å². The molecule has 5 nitrogen and oxygen atoms in total. The normalized spacial score (nSPS) is 10.8. The number of hydrogen-bond acceptors (Lipinski definition) is 4. The number of benzene rings is 2. The van der Waals surface area contributed by atoms with Gasteiger partial charge in [0.25, 0.3) is 0 Å². The predicted octanol–water partition coefficient (Wildman–Crippen LogP) is 3.74. The molecule has 0 unspecified atom stereocenters. The summed E-state index contributed by atoms with van der Waals surface area (Å²) in [7, 11) is 0. The van der Waals surface area contributed by atoms with E-state index in [4.69, 9.17) is 5.73 Å². The lowest BCUT2D eigenvalue weighted by molar-refractivity contribution is 0.789. The molecule has 0 aliphatic rings.